The number of hydrogen-bond donors (Lipinski definition) is 1. The number of carbonyl (C=O) groups is 3. The number of ether oxygens (including phenoxy) is 3. The molecule has 1 heterocycles. The molecule has 234 valence electrons. The van der Waals surface area contributed by atoms with E-state index in [9.17, 15) is 14.4 Å². The largest absolute Gasteiger partial charge is 0.493 e. The first-order valence-electron chi connectivity index (χ1n) is 15.6. The fourth-order valence-corrected chi connectivity index (χ4v) is 6.21. The molecule has 2 aliphatic rings. The Hall–Kier alpha value is -3.75. The zero-order chi connectivity index (χ0) is 30.9. The lowest BCUT2D eigenvalue weighted by molar-refractivity contribution is -0.162. The van der Waals surface area contributed by atoms with Crippen LogP contribution in [0, 0.1) is 5.92 Å². The molecule has 0 radical (unpaired) electrons. The summed E-state index contributed by atoms with van der Waals surface area (Å²) in [5, 5.41) is 3.03. The molecule has 9 nitrogen and oxygen atoms in total. The third kappa shape index (κ3) is 7.61. The van der Waals surface area contributed by atoms with E-state index in [0.717, 1.165) is 42.4 Å². The van der Waals surface area contributed by atoms with E-state index in [1.54, 1.807) is 33.2 Å². The highest BCUT2D eigenvalue weighted by molar-refractivity contribution is 5.99. The van der Waals surface area contributed by atoms with E-state index >= 15 is 0 Å². The van der Waals surface area contributed by atoms with Crippen LogP contribution in [-0.2, 0) is 20.8 Å². The molecule has 0 bridgehead atoms. The Morgan fingerprint density at radius 1 is 0.884 bits per heavy atom. The summed E-state index contributed by atoms with van der Waals surface area (Å²) in [7, 11) is 4.74. The van der Waals surface area contributed by atoms with Crippen molar-refractivity contribution in [1.82, 2.24) is 15.1 Å². The molecule has 2 aromatic carbocycles. The molecular weight excluding hydrogens is 546 g/mol. The van der Waals surface area contributed by atoms with Crippen molar-refractivity contribution in [3.63, 3.8) is 0 Å². The van der Waals surface area contributed by atoms with Gasteiger partial charge in [0.2, 0.25) is 23.5 Å². The molecule has 1 aliphatic carbocycles. The van der Waals surface area contributed by atoms with E-state index in [1.165, 1.54) is 24.2 Å². The van der Waals surface area contributed by atoms with Crippen LogP contribution in [0.15, 0.2) is 36.4 Å². The Labute approximate surface area is 255 Å². The van der Waals surface area contributed by atoms with Crippen molar-refractivity contribution in [2.75, 3.05) is 41.0 Å². The summed E-state index contributed by atoms with van der Waals surface area (Å²) in [5.74, 6) is 1.67. The fourth-order valence-electron chi connectivity index (χ4n) is 6.21. The van der Waals surface area contributed by atoms with E-state index < -0.39 is 12.1 Å². The van der Waals surface area contributed by atoms with Gasteiger partial charge < -0.3 is 29.3 Å². The van der Waals surface area contributed by atoms with Crippen molar-refractivity contribution in [3.8, 4) is 28.4 Å². The van der Waals surface area contributed by atoms with Crippen LogP contribution in [0.25, 0.3) is 11.1 Å². The highest BCUT2D eigenvalue weighted by Crippen LogP contribution is 2.41. The highest BCUT2D eigenvalue weighted by atomic mass is 16.5. The zero-order valence-corrected chi connectivity index (χ0v) is 26.3. The topological polar surface area (TPSA) is 97.4 Å². The number of nitrogens with zero attached hydrogens (tertiary/aromatic N) is 2. The van der Waals surface area contributed by atoms with E-state index in [1.807, 2.05) is 36.4 Å². The second kappa shape index (κ2) is 15.1. The first-order chi connectivity index (χ1) is 20.8. The van der Waals surface area contributed by atoms with Crippen LogP contribution in [0.1, 0.15) is 64.4 Å². The Kier molecular flexibility index (Phi) is 11.3. The monoisotopic (exact) mass is 593 g/mol. The SMILES string of the molecule is CCCCN1C(=O)C(C)N(CC(=O)NCC2CCCCC2)C(=O)C1Cc1ccc(-c2cc(OC)c(OC)c(OC)c2)cc1. The summed E-state index contributed by atoms with van der Waals surface area (Å²) in [6.45, 7) is 4.85. The Balaban J connectivity index is 1.51. The predicted molar refractivity (Wildman–Crippen MR) is 166 cm³/mol. The summed E-state index contributed by atoms with van der Waals surface area (Å²) >= 11 is 0. The van der Waals surface area contributed by atoms with Crippen LogP contribution in [0.4, 0.5) is 0 Å². The van der Waals surface area contributed by atoms with Gasteiger partial charge in [-0.05, 0) is 60.9 Å². The van der Waals surface area contributed by atoms with Gasteiger partial charge in [0.1, 0.15) is 18.6 Å². The summed E-state index contributed by atoms with van der Waals surface area (Å²) < 4.78 is 16.5. The van der Waals surface area contributed by atoms with Gasteiger partial charge in [0.25, 0.3) is 0 Å². The lowest BCUT2D eigenvalue weighted by atomic mass is 9.89. The third-order valence-corrected chi connectivity index (χ3v) is 8.81. The van der Waals surface area contributed by atoms with Crippen LogP contribution in [0.3, 0.4) is 0 Å². The molecule has 9 heteroatoms. The number of benzene rings is 2. The standard InChI is InChI=1S/C34H47N3O6/c1-6-7-17-36-28(34(40)37(23(2)33(36)39)22-31(38)35-21-25-11-9-8-10-12-25)18-24-13-15-26(16-14-24)27-19-29(41-3)32(43-5)30(20-27)42-4/h13-16,19-20,23,25,28H,6-12,17-18,21-22H2,1-5H3,(H,35,38). The van der Waals surface area contributed by atoms with Gasteiger partial charge in [-0.1, -0.05) is 56.9 Å². The van der Waals surface area contributed by atoms with Crippen LogP contribution < -0.4 is 19.5 Å². The van der Waals surface area contributed by atoms with Gasteiger partial charge in [0.05, 0.1) is 21.3 Å². The summed E-state index contributed by atoms with van der Waals surface area (Å²) in [5.41, 5.74) is 2.77. The summed E-state index contributed by atoms with van der Waals surface area (Å²) in [6.07, 6.45) is 8.02. The predicted octanol–water partition coefficient (Wildman–Crippen LogP) is 4.85. The molecule has 0 aromatic heterocycles. The molecule has 1 N–H and O–H groups in total. The molecule has 4 rings (SSSR count). The van der Waals surface area contributed by atoms with Crippen molar-refractivity contribution in [3.05, 3.63) is 42.0 Å². The average Bonchev–Trinajstić information content (AvgIpc) is 3.04. The van der Waals surface area contributed by atoms with Gasteiger partial charge in [-0.25, -0.2) is 0 Å². The Morgan fingerprint density at radius 2 is 1.53 bits per heavy atom. The van der Waals surface area contributed by atoms with Crippen LogP contribution in [-0.4, -0.2) is 80.6 Å². The zero-order valence-electron chi connectivity index (χ0n) is 26.3. The number of carbonyl (C=O) groups excluding carboxylic acids is 3. The maximum absolute atomic E-state index is 13.9. The van der Waals surface area contributed by atoms with Crippen LogP contribution in [0.5, 0.6) is 17.2 Å². The molecule has 43 heavy (non-hydrogen) atoms. The minimum absolute atomic E-state index is 0.101. The lowest BCUT2D eigenvalue weighted by Gasteiger charge is -2.44. The molecule has 2 unspecified atom stereocenters. The van der Waals surface area contributed by atoms with Gasteiger partial charge >= 0.3 is 0 Å². The second-order valence-corrected chi connectivity index (χ2v) is 11.7. The summed E-state index contributed by atoms with van der Waals surface area (Å²) in [4.78, 5) is 43.6. The lowest BCUT2D eigenvalue weighted by Crippen LogP contribution is -2.65. The normalized spacial score (nSPS) is 19.4. The molecule has 1 saturated heterocycles. The van der Waals surface area contributed by atoms with Crippen LogP contribution >= 0.6 is 0 Å². The number of methoxy groups -OCH3 is 3. The quantitative estimate of drug-likeness (QED) is 0.357. The number of piperazine rings is 1. The average molecular weight is 594 g/mol. The maximum Gasteiger partial charge on any atom is 0.246 e. The van der Waals surface area contributed by atoms with Crippen LogP contribution in [0.2, 0.25) is 0 Å². The molecular formula is C34H47N3O6. The second-order valence-electron chi connectivity index (χ2n) is 11.7. The Morgan fingerprint density at radius 3 is 2.12 bits per heavy atom. The fraction of sp³-hybridized carbons (Fsp3) is 0.559. The smallest absolute Gasteiger partial charge is 0.246 e. The number of unbranched alkanes of at least 4 members (excludes halogenated alkanes) is 1. The molecule has 2 fully saturated rings. The first kappa shape index (κ1) is 32.2. The van der Waals surface area contributed by atoms with Gasteiger partial charge in [-0.2, -0.15) is 0 Å². The van der Waals surface area contributed by atoms with Gasteiger partial charge in [-0.3, -0.25) is 14.4 Å². The van der Waals surface area contributed by atoms with E-state index in [2.05, 4.69) is 12.2 Å². The first-order valence-corrected chi connectivity index (χ1v) is 15.6. The van der Waals surface area contributed by atoms with Crippen molar-refractivity contribution in [2.45, 2.75) is 77.3 Å². The van der Waals surface area contributed by atoms with E-state index in [0.29, 0.717) is 42.7 Å². The molecule has 0 spiro atoms. The van der Waals surface area contributed by atoms with Crippen molar-refractivity contribution >= 4 is 17.7 Å². The van der Waals surface area contributed by atoms with Gasteiger partial charge in [0, 0.05) is 19.5 Å². The maximum atomic E-state index is 13.9. The van der Waals surface area contributed by atoms with Crippen molar-refractivity contribution in [1.29, 1.82) is 0 Å². The van der Waals surface area contributed by atoms with Gasteiger partial charge in [0.15, 0.2) is 11.5 Å². The minimum atomic E-state index is -0.677. The third-order valence-electron chi connectivity index (χ3n) is 8.81. The highest BCUT2D eigenvalue weighted by Gasteiger charge is 2.44. The van der Waals surface area contributed by atoms with Crippen molar-refractivity contribution < 1.29 is 28.6 Å². The number of nitrogens with one attached hydrogen (secondary N) is 1. The molecule has 2 aromatic rings. The van der Waals surface area contributed by atoms with Crippen molar-refractivity contribution in [2.24, 2.45) is 5.92 Å². The molecule has 3 amide bonds. The number of amides is 3. The number of hydrogen-bond acceptors (Lipinski definition) is 6. The van der Waals surface area contributed by atoms with E-state index in [4.69, 9.17) is 14.2 Å². The summed E-state index contributed by atoms with van der Waals surface area (Å²) in [6, 6.07) is 10.4. The Bertz CT molecular complexity index is 1230. The molecule has 1 saturated carbocycles. The molecule has 1 aliphatic heterocycles. The molecule has 2 atom stereocenters. The minimum Gasteiger partial charge on any atom is -0.493 e. The number of rotatable bonds is 13. The van der Waals surface area contributed by atoms with E-state index in [-0.39, 0.29) is 24.3 Å². The van der Waals surface area contributed by atoms with Gasteiger partial charge in [-0.15, -0.1) is 0 Å².